The fourth-order valence-electron chi connectivity index (χ4n) is 1.87. The van der Waals surface area contributed by atoms with Gasteiger partial charge < -0.3 is 14.6 Å². The van der Waals surface area contributed by atoms with Crippen molar-refractivity contribution >= 4 is 20.3 Å². The first-order valence-electron chi connectivity index (χ1n) is 5.54. The molecule has 0 aromatic carbocycles. The number of rotatable bonds is 4. The predicted octanol–water partition coefficient (Wildman–Crippen LogP) is 1.92. The molecule has 17 heavy (non-hydrogen) atoms. The van der Waals surface area contributed by atoms with Crippen LogP contribution in [0.25, 0.3) is 0 Å². The fourth-order valence-corrected chi connectivity index (χ4v) is 2.83. The molecule has 0 radical (unpaired) electrons. The predicted molar refractivity (Wildman–Crippen MR) is 64.0 cm³/mol. The van der Waals surface area contributed by atoms with E-state index in [1.807, 2.05) is 19.6 Å². The Bertz CT molecular complexity index is 355. The van der Waals surface area contributed by atoms with Gasteiger partial charge in [-0.1, -0.05) is 0 Å². The molecule has 6 heteroatoms. The van der Waals surface area contributed by atoms with Crippen molar-refractivity contribution < 1.29 is 24.2 Å². The molecule has 96 valence electrons. The molecule has 1 rings (SSSR count). The Morgan fingerprint density at radius 3 is 2.18 bits per heavy atom. The Hall–Kier alpha value is -1.30. The maximum atomic E-state index is 11.0. The third-order valence-corrected chi connectivity index (χ3v) is 3.45. The molecule has 0 aromatic heterocycles. The van der Waals surface area contributed by atoms with Gasteiger partial charge in [-0.25, -0.2) is 0 Å². The molecule has 1 aliphatic rings. The minimum Gasteiger partial charge on any atom is -0.548 e. The van der Waals surface area contributed by atoms with Crippen molar-refractivity contribution in [3.05, 3.63) is 11.8 Å². The number of allylic oxidation sites excluding steroid dienone is 2. The van der Waals surface area contributed by atoms with E-state index in [4.69, 9.17) is 14.6 Å². The van der Waals surface area contributed by atoms with Crippen LogP contribution in [-0.4, -0.2) is 30.5 Å². The lowest BCUT2D eigenvalue weighted by molar-refractivity contribution is -0.154. The van der Waals surface area contributed by atoms with E-state index < -0.39 is 32.1 Å². The van der Waals surface area contributed by atoms with Crippen LogP contribution in [0.1, 0.15) is 12.8 Å². The third-order valence-electron chi connectivity index (χ3n) is 2.58. The van der Waals surface area contributed by atoms with Gasteiger partial charge in [-0.2, -0.15) is 0 Å². The van der Waals surface area contributed by atoms with Crippen LogP contribution in [0, 0.1) is 11.8 Å². The summed E-state index contributed by atoms with van der Waals surface area (Å²) in [5, 5.41) is 18.0. The van der Waals surface area contributed by atoms with Gasteiger partial charge in [0.2, 0.25) is 8.32 Å². The summed E-state index contributed by atoms with van der Waals surface area (Å²) in [4.78, 5) is 22.0. The largest absolute Gasteiger partial charge is 0.548 e. The first-order valence-corrected chi connectivity index (χ1v) is 8.95. The zero-order valence-corrected chi connectivity index (χ0v) is 11.3. The molecule has 1 aliphatic carbocycles. The number of aliphatic carboxylic acids is 2. The normalized spacial score (nSPS) is 25.0. The smallest absolute Gasteiger partial charge is 0.307 e. The summed E-state index contributed by atoms with van der Waals surface area (Å²) in [5.74, 6) is -3.22. The van der Waals surface area contributed by atoms with E-state index >= 15 is 0 Å². The van der Waals surface area contributed by atoms with Crippen LogP contribution in [0.4, 0.5) is 0 Å². The van der Waals surface area contributed by atoms with E-state index in [1.165, 1.54) is 0 Å². The maximum Gasteiger partial charge on any atom is 0.307 e. The molecule has 0 saturated carbocycles. The second-order valence-corrected chi connectivity index (χ2v) is 9.64. The molecule has 0 amide bonds. The Morgan fingerprint density at radius 2 is 1.76 bits per heavy atom. The summed E-state index contributed by atoms with van der Waals surface area (Å²) in [5.41, 5.74) is 0. The summed E-state index contributed by atoms with van der Waals surface area (Å²) in [6.07, 6.45) is 2.12. The highest BCUT2D eigenvalue weighted by molar-refractivity contribution is 6.70. The van der Waals surface area contributed by atoms with Gasteiger partial charge in [0, 0.05) is 6.42 Å². The minimum absolute atomic E-state index is 0.177. The quantitative estimate of drug-likeness (QED) is 0.753. The van der Waals surface area contributed by atoms with E-state index in [9.17, 15) is 9.59 Å². The number of hydrogen-bond donors (Lipinski definition) is 2. The van der Waals surface area contributed by atoms with E-state index in [0.717, 1.165) is 0 Å². The van der Waals surface area contributed by atoms with Crippen LogP contribution in [0.15, 0.2) is 11.8 Å². The number of carboxylic acids is 2. The highest BCUT2D eigenvalue weighted by Gasteiger charge is 2.37. The van der Waals surface area contributed by atoms with Crippen molar-refractivity contribution in [3.63, 3.8) is 0 Å². The molecule has 0 heterocycles. The van der Waals surface area contributed by atoms with Gasteiger partial charge in [-0.3, -0.25) is 9.59 Å². The van der Waals surface area contributed by atoms with Gasteiger partial charge in [-0.15, -0.1) is 0 Å². The second-order valence-electron chi connectivity index (χ2n) is 5.21. The SMILES string of the molecule is C[Si](C)(C)OC1=CC[C@@H](C(=O)O)[C@H](C(=O)O)C1. The van der Waals surface area contributed by atoms with Gasteiger partial charge >= 0.3 is 11.9 Å². The second kappa shape index (κ2) is 4.91. The molecular weight excluding hydrogens is 240 g/mol. The van der Waals surface area contributed by atoms with Gasteiger partial charge in [0.25, 0.3) is 0 Å². The first kappa shape index (κ1) is 13.8. The molecule has 0 saturated heterocycles. The minimum atomic E-state index is -1.77. The van der Waals surface area contributed by atoms with Crippen LogP contribution >= 0.6 is 0 Å². The van der Waals surface area contributed by atoms with Crippen molar-refractivity contribution in [1.82, 2.24) is 0 Å². The van der Waals surface area contributed by atoms with E-state index in [2.05, 4.69) is 0 Å². The van der Waals surface area contributed by atoms with Gasteiger partial charge in [-0.05, 0) is 32.1 Å². The van der Waals surface area contributed by atoms with Crippen LogP contribution in [0.2, 0.25) is 19.6 Å². The van der Waals surface area contributed by atoms with Crippen LogP contribution in [0.5, 0.6) is 0 Å². The molecular formula is C11H18O5Si. The molecule has 0 aromatic rings. The first-order chi connectivity index (χ1) is 7.70. The molecule has 0 aliphatic heterocycles. The average Bonchev–Trinajstić information content (AvgIpc) is 2.14. The van der Waals surface area contributed by atoms with Gasteiger partial charge in [0.1, 0.15) is 0 Å². The number of carbonyl (C=O) groups is 2. The van der Waals surface area contributed by atoms with Crippen LogP contribution in [0.3, 0.4) is 0 Å². The monoisotopic (exact) mass is 258 g/mol. The maximum absolute atomic E-state index is 11.0. The third kappa shape index (κ3) is 3.88. The zero-order valence-electron chi connectivity index (χ0n) is 10.3. The Labute approximate surface area is 101 Å². The highest BCUT2D eigenvalue weighted by atomic mass is 28.4. The standard InChI is InChI=1S/C11H18O5Si/c1-17(2,3)16-7-4-5-8(10(12)13)9(6-7)11(14)15/h4,8-9H,5-6H2,1-3H3,(H,12,13)(H,14,15)/t8-,9-/m1/s1. The highest BCUT2D eigenvalue weighted by Crippen LogP contribution is 2.32. The molecule has 2 N–H and O–H groups in total. The van der Waals surface area contributed by atoms with Crippen molar-refractivity contribution in [3.8, 4) is 0 Å². The van der Waals surface area contributed by atoms with E-state index in [1.54, 1.807) is 6.08 Å². The van der Waals surface area contributed by atoms with Crippen LogP contribution in [-0.2, 0) is 14.0 Å². The summed E-state index contributed by atoms with van der Waals surface area (Å²) >= 11 is 0. The Kier molecular flexibility index (Phi) is 3.97. The molecule has 0 spiro atoms. The molecule has 0 bridgehead atoms. The Balaban J connectivity index is 2.82. The fraction of sp³-hybridized carbons (Fsp3) is 0.636. The lowest BCUT2D eigenvalue weighted by atomic mass is 9.82. The average molecular weight is 258 g/mol. The van der Waals surface area contributed by atoms with Crippen molar-refractivity contribution in [2.75, 3.05) is 0 Å². The van der Waals surface area contributed by atoms with Crippen molar-refractivity contribution in [2.24, 2.45) is 11.8 Å². The number of carboxylic acid groups (broad SMARTS) is 2. The van der Waals surface area contributed by atoms with Gasteiger partial charge in [0.15, 0.2) is 0 Å². The number of hydrogen-bond acceptors (Lipinski definition) is 3. The summed E-state index contributed by atoms with van der Waals surface area (Å²) in [6.45, 7) is 6.02. The molecule has 0 unspecified atom stereocenters. The zero-order chi connectivity index (χ0) is 13.2. The van der Waals surface area contributed by atoms with E-state index in [-0.39, 0.29) is 12.8 Å². The molecule has 2 atom stereocenters. The summed E-state index contributed by atoms with van der Waals surface area (Å²) < 4.78 is 5.73. The summed E-state index contributed by atoms with van der Waals surface area (Å²) in [7, 11) is -1.77. The topological polar surface area (TPSA) is 83.8 Å². The van der Waals surface area contributed by atoms with E-state index in [0.29, 0.717) is 5.76 Å². The molecule has 0 fully saturated rings. The summed E-state index contributed by atoms with van der Waals surface area (Å²) in [6, 6.07) is 0. The van der Waals surface area contributed by atoms with Gasteiger partial charge in [0.05, 0.1) is 17.6 Å². The van der Waals surface area contributed by atoms with Crippen molar-refractivity contribution in [2.45, 2.75) is 32.5 Å². The molecule has 5 nitrogen and oxygen atoms in total. The Morgan fingerprint density at radius 1 is 1.24 bits per heavy atom. The lowest BCUT2D eigenvalue weighted by Gasteiger charge is -2.29. The lowest BCUT2D eigenvalue weighted by Crippen LogP contribution is -2.34. The van der Waals surface area contributed by atoms with Crippen LogP contribution < -0.4 is 0 Å². The van der Waals surface area contributed by atoms with Crippen molar-refractivity contribution in [1.29, 1.82) is 0 Å².